The van der Waals surface area contributed by atoms with Crippen LogP contribution < -0.4 is 5.32 Å². The Hall–Kier alpha value is -2.18. The van der Waals surface area contributed by atoms with Gasteiger partial charge in [-0.15, -0.1) is 0 Å². The minimum absolute atomic E-state index is 0.119. The standard InChI is InChI=1S/C12H10F3N3O3/c13-12(14,15)7-3-8(11-6-17-1-2-21-11)9(5-16)10(4-7)18(19)20/h3-4,11,17H,1-2,6H2. The molecule has 0 bridgehead atoms. The topological polar surface area (TPSA) is 88.2 Å². The van der Waals surface area contributed by atoms with Crippen LogP contribution >= 0.6 is 0 Å². The number of nitrogens with one attached hydrogen (secondary N) is 1. The summed E-state index contributed by atoms with van der Waals surface area (Å²) in [4.78, 5) is 9.93. The van der Waals surface area contributed by atoms with E-state index in [1.54, 1.807) is 6.07 Å². The molecule has 0 spiro atoms. The van der Waals surface area contributed by atoms with E-state index in [1.165, 1.54) is 0 Å². The van der Waals surface area contributed by atoms with Gasteiger partial charge in [-0.2, -0.15) is 18.4 Å². The van der Waals surface area contributed by atoms with Gasteiger partial charge in [-0.3, -0.25) is 10.1 Å². The summed E-state index contributed by atoms with van der Waals surface area (Å²) in [7, 11) is 0. The zero-order valence-electron chi connectivity index (χ0n) is 10.6. The molecule has 9 heteroatoms. The maximum Gasteiger partial charge on any atom is 0.416 e. The Morgan fingerprint density at radius 3 is 2.67 bits per heavy atom. The Morgan fingerprint density at radius 2 is 2.19 bits per heavy atom. The average molecular weight is 301 g/mol. The molecule has 0 aliphatic carbocycles. The number of hydrogen-bond acceptors (Lipinski definition) is 5. The highest BCUT2D eigenvalue weighted by Gasteiger charge is 2.36. The van der Waals surface area contributed by atoms with Crippen LogP contribution in [0.5, 0.6) is 0 Å². The number of ether oxygens (including phenoxy) is 1. The number of benzene rings is 1. The van der Waals surface area contributed by atoms with E-state index in [0.29, 0.717) is 12.6 Å². The fraction of sp³-hybridized carbons (Fsp3) is 0.417. The van der Waals surface area contributed by atoms with Gasteiger partial charge in [0.2, 0.25) is 0 Å². The number of hydrogen-bond donors (Lipinski definition) is 1. The summed E-state index contributed by atoms with van der Waals surface area (Å²) in [6.45, 7) is 0.964. The monoisotopic (exact) mass is 301 g/mol. The van der Waals surface area contributed by atoms with Gasteiger partial charge < -0.3 is 10.1 Å². The molecule has 0 radical (unpaired) electrons. The molecule has 0 saturated carbocycles. The van der Waals surface area contributed by atoms with E-state index < -0.39 is 34.0 Å². The number of morpholine rings is 1. The van der Waals surface area contributed by atoms with Gasteiger partial charge in [0.05, 0.1) is 23.2 Å². The lowest BCUT2D eigenvalue weighted by molar-refractivity contribution is -0.385. The third kappa shape index (κ3) is 3.12. The molecule has 2 rings (SSSR count). The van der Waals surface area contributed by atoms with E-state index in [9.17, 15) is 23.3 Å². The zero-order valence-corrected chi connectivity index (χ0v) is 10.6. The smallest absolute Gasteiger partial charge is 0.371 e. The number of nitro groups is 1. The molecule has 112 valence electrons. The first-order chi connectivity index (χ1) is 9.84. The third-order valence-electron chi connectivity index (χ3n) is 3.06. The van der Waals surface area contributed by atoms with Gasteiger partial charge in [-0.05, 0) is 6.07 Å². The normalized spacial score (nSPS) is 19.0. The average Bonchev–Trinajstić information content (AvgIpc) is 2.45. The lowest BCUT2D eigenvalue weighted by Crippen LogP contribution is -2.34. The van der Waals surface area contributed by atoms with E-state index in [1.807, 2.05) is 0 Å². The van der Waals surface area contributed by atoms with E-state index in [0.717, 1.165) is 6.07 Å². The first kappa shape index (κ1) is 15.2. The molecule has 1 atom stereocenters. The second kappa shape index (κ2) is 5.67. The molecule has 1 aromatic carbocycles. The molecule has 1 saturated heterocycles. The van der Waals surface area contributed by atoms with Crippen LogP contribution in [0.25, 0.3) is 0 Å². The van der Waals surface area contributed by atoms with Crippen molar-refractivity contribution in [1.29, 1.82) is 5.26 Å². The lowest BCUT2D eigenvalue weighted by atomic mass is 9.97. The fourth-order valence-corrected chi connectivity index (χ4v) is 2.10. The Balaban J connectivity index is 2.62. The highest BCUT2D eigenvalue weighted by molar-refractivity contribution is 5.57. The van der Waals surface area contributed by atoms with Crippen molar-refractivity contribution < 1.29 is 22.8 Å². The predicted octanol–water partition coefficient (Wildman–Crippen LogP) is 2.15. The highest BCUT2D eigenvalue weighted by atomic mass is 19.4. The molecule has 1 aliphatic rings. The number of nitro benzene ring substituents is 1. The summed E-state index contributed by atoms with van der Waals surface area (Å²) in [5, 5.41) is 22.9. The van der Waals surface area contributed by atoms with Crippen LogP contribution in [0.2, 0.25) is 0 Å². The molecule has 1 N–H and O–H groups in total. The van der Waals surface area contributed by atoms with Gasteiger partial charge in [0.1, 0.15) is 11.6 Å². The second-order valence-corrected chi connectivity index (χ2v) is 4.39. The van der Waals surface area contributed by atoms with Crippen molar-refractivity contribution in [1.82, 2.24) is 5.32 Å². The van der Waals surface area contributed by atoms with Crippen molar-refractivity contribution in [2.45, 2.75) is 12.3 Å². The molecule has 0 amide bonds. The maximum atomic E-state index is 12.9. The number of nitriles is 1. The van der Waals surface area contributed by atoms with Crippen LogP contribution in [0.15, 0.2) is 12.1 Å². The van der Waals surface area contributed by atoms with E-state index in [4.69, 9.17) is 10.00 Å². The van der Waals surface area contributed by atoms with Gasteiger partial charge in [-0.1, -0.05) is 0 Å². The summed E-state index contributed by atoms with van der Waals surface area (Å²) in [6.07, 6.45) is -5.57. The minimum Gasteiger partial charge on any atom is -0.371 e. The highest BCUT2D eigenvalue weighted by Crippen LogP contribution is 2.37. The number of rotatable bonds is 2. The van der Waals surface area contributed by atoms with Crippen LogP contribution in [0.1, 0.15) is 22.8 Å². The predicted molar refractivity (Wildman–Crippen MR) is 64.4 cm³/mol. The van der Waals surface area contributed by atoms with Gasteiger partial charge in [0.25, 0.3) is 5.69 Å². The van der Waals surface area contributed by atoms with E-state index in [-0.39, 0.29) is 18.7 Å². The number of alkyl halides is 3. The molecule has 0 aromatic heterocycles. The molecule has 1 aliphatic heterocycles. The van der Waals surface area contributed by atoms with Gasteiger partial charge in [0.15, 0.2) is 0 Å². The molecule has 21 heavy (non-hydrogen) atoms. The zero-order chi connectivity index (χ0) is 15.6. The Bertz CT molecular complexity index is 604. The maximum absolute atomic E-state index is 12.9. The molecule has 6 nitrogen and oxygen atoms in total. The molecule has 1 unspecified atom stereocenters. The summed E-state index contributed by atoms with van der Waals surface area (Å²) in [6, 6.07) is 2.72. The summed E-state index contributed by atoms with van der Waals surface area (Å²) in [5.74, 6) is 0. The summed E-state index contributed by atoms with van der Waals surface area (Å²) >= 11 is 0. The Labute approximate surface area is 117 Å². The van der Waals surface area contributed by atoms with E-state index in [2.05, 4.69) is 5.32 Å². The first-order valence-corrected chi connectivity index (χ1v) is 5.96. The van der Waals surface area contributed by atoms with Crippen LogP contribution in [-0.2, 0) is 10.9 Å². The minimum atomic E-state index is -4.74. The Morgan fingerprint density at radius 1 is 1.48 bits per heavy atom. The molecule has 1 heterocycles. The van der Waals surface area contributed by atoms with Crippen LogP contribution in [-0.4, -0.2) is 24.6 Å². The quantitative estimate of drug-likeness (QED) is 0.668. The van der Waals surface area contributed by atoms with Crippen molar-refractivity contribution in [2.24, 2.45) is 0 Å². The lowest BCUT2D eigenvalue weighted by Gasteiger charge is -2.25. The van der Waals surface area contributed by atoms with Crippen molar-refractivity contribution in [3.8, 4) is 6.07 Å². The van der Waals surface area contributed by atoms with Crippen LogP contribution in [0, 0.1) is 21.4 Å². The van der Waals surface area contributed by atoms with Gasteiger partial charge >= 0.3 is 6.18 Å². The molecule has 1 fully saturated rings. The molecular weight excluding hydrogens is 291 g/mol. The number of halogens is 3. The van der Waals surface area contributed by atoms with Crippen LogP contribution in [0.4, 0.5) is 18.9 Å². The van der Waals surface area contributed by atoms with Gasteiger partial charge in [-0.25, -0.2) is 0 Å². The molecular formula is C12H10F3N3O3. The molecule has 1 aromatic rings. The van der Waals surface area contributed by atoms with Crippen molar-refractivity contribution in [2.75, 3.05) is 19.7 Å². The van der Waals surface area contributed by atoms with Crippen molar-refractivity contribution in [3.63, 3.8) is 0 Å². The number of nitrogens with zero attached hydrogens (tertiary/aromatic N) is 2. The Kier molecular flexibility index (Phi) is 4.11. The van der Waals surface area contributed by atoms with Crippen molar-refractivity contribution >= 4 is 5.69 Å². The van der Waals surface area contributed by atoms with E-state index >= 15 is 0 Å². The first-order valence-electron chi connectivity index (χ1n) is 5.96. The second-order valence-electron chi connectivity index (χ2n) is 4.39. The van der Waals surface area contributed by atoms with Crippen LogP contribution in [0.3, 0.4) is 0 Å². The largest absolute Gasteiger partial charge is 0.416 e. The third-order valence-corrected chi connectivity index (χ3v) is 3.06. The SMILES string of the molecule is N#Cc1c(C2CNCCO2)cc(C(F)(F)F)cc1[N+](=O)[O-]. The van der Waals surface area contributed by atoms with Gasteiger partial charge in [0, 0.05) is 24.7 Å². The summed E-state index contributed by atoms with van der Waals surface area (Å²) < 4.78 is 43.9. The summed E-state index contributed by atoms with van der Waals surface area (Å²) in [5.41, 5.74) is -2.55. The van der Waals surface area contributed by atoms with Crippen molar-refractivity contribution in [3.05, 3.63) is 38.9 Å². The fourth-order valence-electron chi connectivity index (χ4n) is 2.10.